The Morgan fingerprint density at radius 2 is 1.76 bits per heavy atom. The van der Waals surface area contributed by atoms with E-state index in [4.69, 9.17) is 31.5 Å². The first kappa shape index (κ1) is 21.4. The topological polar surface area (TPSA) is 53.7 Å². The van der Waals surface area contributed by atoms with Crippen LogP contribution in [0.1, 0.15) is 25.3 Å². The van der Waals surface area contributed by atoms with Crippen molar-refractivity contribution in [3.05, 3.63) is 53.1 Å². The number of nitrogen functional groups attached to an aromatic ring is 1. The van der Waals surface area contributed by atoms with Gasteiger partial charge in [-0.2, -0.15) is 0 Å². The second-order valence-electron chi connectivity index (χ2n) is 5.33. The molecular formula is C19H25Cl2NO3. The number of anilines is 1. The lowest BCUT2D eigenvalue weighted by Crippen LogP contribution is -2.03. The van der Waals surface area contributed by atoms with Crippen LogP contribution in [0.4, 0.5) is 5.69 Å². The number of ether oxygens (including phenoxy) is 3. The van der Waals surface area contributed by atoms with Crippen molar-refractivity contribution in [3.8, 4) is 11.5 Å². The maximum atomic E-state index is 6.08. The molecular weight excluding hydrogens is 361 g/mol. The molecule has 2 rings (SSSR count). The largest absolute Gasteiger partial charge is 0.494 e. The van der Waals surface area contributed by atoms with Gasteiger partial charge in [0.2, 0.25) is 0 Å². The summed E-state index contributed by atoms with van der Waals surface area (Å²) in [6.45, 7) is 4.37. The van der Waals surface area contributed by atoms with Gasteiger partial charge < -0.3 is 19.9 Å². The van der Waals surface area contributed by atoms with E-state index in [1.54, 1.807) is 6.07 Å². The van der Waals surface area contributed by atoms with Gasteiger partial charge in [0.1, 0.15) is 11.5 Å². The number of rotatable bonds is 10. The zero-order valence-electron chi connectivity index (χ0n) is 14.4. The summed E-state index contributed by atoms with van der Waals surface area (Å²) in [5.74, 6) is 1.45. The SMILES string of the molecule is CCOc1ccc(OCCCCOCc2ccccc2Cl)c(N)c1.Cl. The van der Waals surface area contributed by atoms with Gasteiger partial charge in [0.15, 0.2) is 0 Å². The minimum atomic E-state index is 0. The average molecular weight is 386 g/mol. The first-order valence-electron chi connectivity index (χ1n) is 8.17. The van der Waals surface area contributed by atoms with Crippen molar-refractivity contribution in [2.24, 2.45) is 0 Å². The van der Waals surface area contributed by atoms with Crippen molar-refractivity contribution in [2.75, 3.05) is 25.6 Å². The number of hydrogen-bond donors (Lipinski definition) is 1. The minimum Gasteiger partial charge on any atom is -0.494 e. The summed E-state index contributed by atoms with van der Waals surface area (Å²) >= 11 is 6.08. The molecule has 0 saturated heterocycles. The van der Waals surface area contributed by atoms with Crippen molar-refractivity contribution in [3.63, 3.8) is 0 Å². The molecule has 0 bridgehead atoms. The van der Waals surface area contributed by atoms with E-state index in [9.17, 15) is 0 Å². The highest BCUT2D eigenvalue weighted by molar-refractivity contribution is 6.31. The van der Waals surface area contributed by atoms with E-state index < -0.39 is 0 Å². The van der Waals surface area contributed by atoms with E-state index in [0.717, 1.165) is 29.2 Å². The Bertz CT molecular complexity index is 638. The zero-order chi connectivity index (χ0) is 17.2. The van der Waals surface area contributed by atoms with Gasteiger partial charge in [0.25, 0.3) is 0 Å². The molecule has 0 amide bonds. The zero-order valence-corrected chi connectivity index (χ0v) is 15.9. The quantitative estimate of drug-likeness (QED) is 0.455. The van der Waals surface area contributed by atoms with Crippen LogP contribution in [0.15, 0.2) is 42.5 Å². The minimum absolute atomic E-state index is 0. The number of halogens is 2. The molecule has 2 aromatic carbocycles. The summed E-state index contributed by atoms with van der Waals surface area (Å²) in [6.07, 6.45) is 1.82. The Hall–Kier alpha value is -1.62. The second-order valence-corrected chi connectivity index (χ2v) is 5.74. The Labute approximate surface area is 160 Å². The van der Waals surface area contributed by atoms with Crippen LogP contribution in [0.3, 0.4) is 0 Å². The molecule has 0 aliphatic rings. The van der Waals surface area contributed by atoms with E-state index in [1.165, 1.54) is 0 Å². The summed E-state index contributed by atoms with van der Waals surface area (Å²) in [7, 11) is 0. The van der Waals surface area contributed by atoms with E-state index in [-0.39, 0.29) is 12.4 Å². The molecule has 25 heavy (non-hydrogen) atoms. The van der Waals surface area contributed by atoms with Gasteiger partial charge in [-0.15, -0.1) is 12.4 Å². The van der Waals surface area contributed by atoms with Gasteiger partial charge in [-0.25, -0.2) is 0 Å². The maximum absolute atomic E-state index is 6.08. The van der Waals surface area contributed by atoms with Gasteiger partial charge in [-0.1, -0.05) is 29.8 Å². The number of unbranched alkanes of at least 4 members (excludes halogenated alkanes) is 1. The highest BCUT2D eigenvalue weighted by atomic mass is 35.5. The van der Waals surface area contributed by atoms with E-state index in [0.29, 0.717) is 37.9 Å². The summed E-state index contributed by atoms with van der Waals surface area (Å²) < 4.78 is 16.7. The lowest BCUT2D eigenvalue weighted by Gasteiger charge is -2.11. The van der Waals surface area contributed by atoms with Crippen molar-refractivity contribution in [1.82, 2.24) is 0 Å². The van der Waals surface area contributed by atoms with Gasteiger partial charge in [-0.05, 0) is 43.5 Å². The lowest BCUT2D eigenvalue weighted by molar-refractivity contribution is 0.114. The molecule has 0 fully saturated rings. The van der Waals surface area contributed by atoms with Crippen LogP contribution in [0.25, 0.3) is 0 Å². The number of hydrogen-bond acceptors (Lipinski definition) is 4. The fourth-order valence-electron chi connectivity index (χ4n) is 2.20. The highest BCUT2D eigenvalue weighted by Gasteiger charge is 2.03. The monoisotopic (exact) mass is 385 g/mol. The molecule has 6 heteroatoms. The van der Waals surface area contributed by atoms with Gasteiger partial charge in [0.05, 0.1) is 25.5 Å². The van der Waals surface area contributed by atoms with Crippen LogP contribution < -0.4 is 15.2 Å². The Kier molecular flexibility index (Phi) is 10.2. The summed E-state index contributed by atoms with van der Waals surface area (Å²) in [6, 6.07) is 13.2. The van der Waals surface area contributed by atoms with E-state index >= 15 is 0 Å². The normalized spacial score (nSPS) is 10.2. The smallest absolute Gasteiger partial charge is 0.142 e. The number of nitrogens with two attached hydrogens (primary N) is 1. The van der Waals surface area contributed by atoms with Crippen LogP contribution in [-0.4, -0.2) is 19.8 Å². The summed E-state index contributed by atoms with van der Waals surface area (Å²) in [5, 5.41) is 0.742. The third-order valence-electron chi connectivity index (χ3n) is 3.45. The molecule has 0 aliphatic carbocycles. The predicted octanol–water partition coefficient (Wildman–Crippen LogP) is 5.12. The first-order chi connectivity index (χ1) is 11.7. The number of benzene rings is 2. The molecule has 2 N–H and O–H groups in total. The second kappa shape index (κ2) is 11.9. The van der Waals surface area contributed by atoms with Crippen molar-refractivity contribution in [1.29, 1.82) is 0 Å². The van der Waals surface area contributed by atoms with Gasteiger partial charge in [0, 0.05) is 17.7 Å². The predicted molar refractivity (Wildman–Crippen MR) is 105 cm³/mol. The first-order valence-corrected chi connectivity index (χ1v) is 8.54. The molecule has 0 aliphatic heterocycles. The van der Waals surface area contributed by atoms with Crippen molar-refractivity contribution in [2.45, 2.75) is 26.4 Å². The Morgan fingerprint density at radius 3 is 2.48 bits per heavy atom. The summed E-state index contributed by atoms with van der Waals surface area (Å²) in [4.78, 5) is 0. The Morgan fingerprint density at radius 1 is 1.00 bits per heavy atom. The molecule has 0 heterocycles. The molecule has 0 saturated carbocycles. The van der Waals surface area contributed by atoms with E-state index in [2.05, 4.69) is 0 Å². The third-order valence-corrected chi connectivity index (χ3v) is 3.82. The average Bonchev–Trinajstić information content (AvgIpc) is 2.57. The molecule has 2 aromatic rings. The third kappa shape index (κ3) is 7.43. The fraction of sp³-hybridized carbons (Fsp3) is 0.368. The van der Waals surface area contributed by atoms with Gasteiger partial charge >= 0.3 is 0 Å². The fourth-order valence-corrected chi connectivity index (χ4v) is 2.39. The molecule has 4 nitrogen and oxygen atoms in total. The molecule has 0 atom stereocenters. The standard InChI is InChI=1S/C19H24ClNO3.ClH/c1-2-23-16-9-10-19(18(21)13-16)24-12-6-5-11-22-14-15-7-3-4-8-17(15)20;/h3-4,7-10,13H,2,5-6,11-12,14,21H2,1H3;1H. The molecule has 0 radical (unpaired) electrons. The van der Waals surface area contributed by atoms with Crippen LogP contribution in [0.2, 0.25) is 5.02 Å². The highest BCUT2D eigenvalue weighted by Crippen LogP contribution is 2.26. The Balaban J connectivity index is 0.00000312. The van der Waals surface area contributed by atoms with Crippen LogP contribution in [-0.2, 0) is 11.3 Å². The maximum Gasteiger partial charge on any atom is 0.142 e. The lowest BCUT2D eigenvalue weighted by atomic mass is 10.2. The van der Waals surface area contributed by atoms with Gasteiger partial charge in [-0.3, -0.25) is 0 Å². The summed E-state index contributed by atoms with van der Waals surface area (Å²) in [5.41, 5.74) is 7.56. The van der Waals surface area contributed by atoms with Crippen LogP contribution in [0.5, 0.6) is 11.5 Å². The van der Waals surface area contributed by atoms with Crippen molar-refractivity contribution < 1.29 is 14.2 Å². The van der Waals surface area contributed by atoms with Crippen LogP contribution in [0, 0.1) is 0 Å². The molecule has 0 aromatic heterocycles. The van der Waals surface area contributed by atoms with Crippen molar-refractivity contribution >= 4 is 29.7 Å². The molecule has 0 spiro atoms. The molecule has 0 unspecified atom stereocenters. The van der Waals surface area contributed by atoms with Crippen LogP contribution >= 0.6 is 24.0 Å². The van der Waals surface area contributed by atoms with E-state index in [1.807, 2.05) is 43.3 Å². The molecule has 138 valence electrons.